The molecule has 0 saturated carbocycles. The zero-order valence-corrected chi connectivity index (χ0v) is 10.9. The first kappa shape index (κ1) is 13.6. The maximum absolute atomic E-state index is 5.66. The van der Waals surface area contributed by atoms with Crippen molar-refractivity contribution in [3.63, 3.8) is 0 Å². The van der Waals surface area contributed by atoms with Crippen LogP contribution in [0.5, 0.6) is 11.5 Å². The molecule has 0 N–H and O–H groups in total. The summed E-state index contributed by atoms with van der Waals surface area (Å²) in [5.74, 6) is 1.79. The molecule has 17 heavy (non-hydrogen) atoms. The normalized spacial score (nSPS) is 10.0. The SMILES string of the molecule is C=CCc1ccc(OCCCC)cc1OCC. The van der Waals surface area contributed by atoms with Crippen molar-refractivity contribution in [2.45, 2.75) is 33.1 Å². The first-order valence-electron chi connectivity index (χ1n) is 6.31. The highest BCUT2D eigenvalue weighted by Crippen LogP contribution is 2.25. The lowest BCUT2D eigenvalue weighted by atomic mass is 10.1. The maximum Gasteiger partial charge on any atom is 0.126 e. The Morgan fingerprint density at radius 1 is 1.24 bits per heavy atom. The number of hydrogen-bond donors (Lipinski definition) is 0. The highest BCUT2D eigenvalue weighted by Gasteiger charge is 2.04. The molecular weight excluding hydrogens is 212 g/mol. The van der Waals surface area contributed by atoms with Gasteiger partial charge in [0.25, 0.3) is 0 Å². The molecule has 0 aliphatic rings. The van der Waals surface area contributed by atoms with Crippen molar-refractivity contribution < 1.29 is 9.47 Å². The minimum atomic E-state index is 0.669. The fraction of sp³-hybridized carbons (Fsp3) is 0.467. The maximum atomic E-state index is 5.66. The quantitative estimate of drug-likeness (QED) is 0.500. The molecule has 94 valence electrons. The Morgan fingerprint density at radius 3 is 2.71 bits per heavy atom. The molecule has 0 atom stereocenters. The lowest BCUT2D eigenvalue weighted by Crippen LogP contribution is -2.00. The molecule has 0 amide bonds. The van der Waals surface area contributed by atoms with Crippen LogP contribution in [0.4, 0.5) is 0 Å². The zero-order valence-electron chi connectivity index (χ0n) is 10.9. The van der Waals surface area contributed by atoms with Crippen LogP contribution in [0, 0.1) is 0 Å². The van der Waals surface area contributed by atoms with E-state index in [1.165, 1.54) is 0 Å². The molecule has 2 nitrogen and oxygen atoms in total. The van der Waals surface area contributed by atoms with Gasteiger partial charge in [-0.1, -0.05) is 25.5 Å². The number of hydrogen-bond acceptors (Lipinski definition) is 2. The van der Waals surface area contributed by atoms with Gasteiger partial charge in [0.2, 0.25) is 0 Å². The molecule has 0 spiro atoms. The molecule has 1 rings (SSSR count). The lowest BCUT2D eigenvalue weighted by Gasteiger charge is -2.12. The van der Waals surface area contributed by atoms with Gasteiger partial charge in [0.05, 0.1) is 13.2 Å². The van der Waals surface area contributed by atoms with E-state index in [4.69, 9.17) is 9.47 Å². The Bertz CT molecular complexity index is 345. The van der Waals surface area contributed by atoms with Gasteiger partial charge in [-0.2, -0.15) is 0 Å². The lowest BCUT2D eigenvalue weighted by molar-refractivity contribution is 0.302. The zero-order chi connectivity index (χ0) is 12.5. The van der Waals surface area contributed by atoms with Gasteiger partial charge in [0.15, 0.2) is 0 Å². The van der Waals surface area contributed by atoms with Crippen LogP contribution >= 0.6 is 0 Å². The van der Waals surface area contributed by atoms with Crippen molar-refractivity contribution in [1.82, 2.24) is 0 Å². The molecule has 0 aliphatic carbocycles. The first-order chi connectivity index (χ1) is 8.31. The summed E-state index contributed by atoms with van der Waals surface area (Å²) in [6.07, 6.45) is 4.94. The summed E-state index contributed by atoms with van der Waals surface area (Å²) in [5, 5.41) is 0. The van der Waals surface area contributed by atoms with E-state index in [1.54, 1.807) is 0 Å². The smallest absolute Gasteiger partial charge is 0.126 e. The summed E-state index contributed by atoms with van der Waals surface area (Å²) >= 11 is 0. The van der Waals surface area contributed by atoms with Gasteiger partial charge in [-0.15, -0.1) is 6.58 Å². The number of benzene rings is 1. The number of unbranched alkanes of at least 4 members (excludes halogenated alkanes) is 1. The second-order valence-corrected chi connectivity index (χ2v) is 3.90. The molecule has 1 aromatic rings. The summed E-state index contributed by atoms with van der Waals surface area (Å²) in [5.41, 5.74) is 1.16. The van der Waals surface area contributed by atoms with Crippen LogP contribution in [0.3, 0.4) is 0 Å². The van der Waals surface area contributed by atoms with E-state index in [0.29, 0.717) is 6.61 Å². The van der Waals surface area contributed by atoms with Gasteiger partial charge in [-0.3, -0.25) is 0 Å². The minimum Gasteiger partial charge on any atom is -0.493 e. The molecule has 0 aliphatic heterocycles. The van der Waals surface area contributed by atoms with E-state index >= 15 is 0 Å². The fourth-order valence-corrected chi connectivity index (χ4v) is 1.57. The molecule has 0 heterocycles. The summed E-state index contributed by atoms with van der Waals surface area (Å²) in [4.78, 5) is 0. The van der Waals surface area contributed by atoms with Crippen molar-refractivity contribution in [2.24, 2.45) is 0 Å². The fourth-order valence-electron chi connectivity index (χ4n) is 1.57. The van der Waals surface area contributed by atoms with E-state index in [2.05, 4.69) is 13.5 Å². The van der Waals surface area contributed by atoms with E-state index in [9.17, 15) is 0 Å². The molecule has 0 fully saturated rings. The Balaban J connectivity index is 2.73. The molecule has 0 radical (unpaired) electrons. The predicted octanol–water partition coefficient (Wildman–Crippen LogP) is 3.99. The molecule has 2 heteroatoms. The van der Waals surface area contributed by atoms with Crippen molar-refractivity contribution in [3.05, 3.63) is 36.4 Å². The highest BCUT2D eigenvalue weighted by molar-refractivity contribution is 5.41. The van der Waals surface area contributed by atoms with Crippen LogP contribution in [-0.4, -0.2) is 13.2 Å². The monoisotopic (exact) mass is 234 g/mol. The molecule has 0 bridgehead atoms. The second-order valence-electron chi connectivity index (χ2n) is 3.90. The van der Waals surface area contributed by atoms with Gasteiger partial charge < -0.3 is 9.47 Å². The Kier molecular flexibility index (Phi) is 6.23. The predicted molar refractivity (Wildman–Crippen MR) is 71.9 cm³/mol. The second kappa shape index (κ2) is 7.77. The summed E-state index contributed by atoms with van der Waals surface area (Å²) in [6, 6.07) is 6.02. The van der Waals surface area contributed by atoms with Crippen molar-refractivity contribution in [3.8, 4) is 11.5 Å². The third-order valence-corrected chi connectivity index (χ3v) is 2.47. The van der Waals surface area contributed by atoms with Gasteiger partial charge in [-0.05, 0) is 31.4 Å². The standard InChI is InChI=1S/C15H22O2/c1-4-7-11-17-14-10-9-13(8-5-2)15(12-14)16-6-3/h5,9-10,12H,2,4,6-8,11H2,1,3H3. The van der Waals surface area contributed by atoms with Gasteiger partial charge >= 0.3 is 0 Å². The summed E-state index contributed by atoms with van der Waals surface area (Å²) in [7, 11) is 0. The average molecular weight is 234 g/mol. The third-order valence-electron chi connectivity index (χ3n) is 2.47. The van der Waals surface area contributed by atoms with Crippen LogP contribution in [0.25, 0.3) is 0 Å². The van der Waals surface area contributed by atoms with Crippen LogP contribution in [0.2, 0.25) is 0 Å². The van der Waals surface area contributed by atoms with Gasteiger partial charge in [-0.25, -0.2) is 0 Å². The largest absolute Gasteiger partial charge is 0.493 e. The molecular formula is C15H22O2. The summed E-state index contributed by atoms with van der Waals surface area (Å²) in [6.45, 7) is 9.33. The minimum absolute atomic E-state index is 0.669. The number of allylic oxidation sites excluding steroid dienone is 1. The van der Waals surface area contributed by atoms with E-state index in [0.717, 1.165) is 42.9 Å². The van der Waals surface area contributed by atoms with Crippen molar-refractivity contribution in [1.29, 1.82) is 0 Å². The first-order valence-corrected chi connectivity index (χ1v) is 6.31. The number of ether oxygens (including phenoxy) is 2. The Morgan fingerprint density at radius 2 is 2.06 bits per heavy atom. The van der Waals surface area contributed by atoms with Crippen molar-refractivity contribution >= 4 is 0 Å². The average Bonchev–Trinajstić information content (AvgIpc) is 2.33. The van der Waals surface area contributed by atoms with Gasteiger partial charge in [0, 0.05) is 6.07 Å². The third kappa shape index (κ3) is 4.51. The topological polar surface area (TPSA) is 18.5 Å². The van der Waals surface area contributed by atoms with Crippen LogP contribution in [0.15, 0.2) is 30.9 Å². The molecule has 0 saturated heterocycles. The van der Waals surface area contributed by atoms with Crippen LogP contribution in [-0.2, 0) is 6.42 Å². The van der Waals surface area contributed by atoms with Gasteiger partial charge in [0.1, 0.15) is 11.5 Å². The molecule has 0 unspecified atom stereocenters. The molecule has 0 aromatic heterocycles. The van der Waals surface area contributed by atoms with E-state index < -0.39 is 0 Å². The summed E-state index contributed by atoms with van der Waals surface area (Å²) < 4.78 is 11.3. The van der Waals surface area contributed by atoms with E-state index in [1.807, 2.05) is 31.2 Å². The Labute approximate surface area is 104 Å². The van der Waals surface area contributed by atoms with Crippen LogP contribution < -0.4 is 9.47 Å². The van der Waals surface area contributed by atoms with Crippen molar-refractivity contribution in [2.75, 3.05) is 13.2 Å². The number of rotatable bonds is 8. The highest BCUT2D eigenvalue weighted by atomic mass is 16.5. The molecule has 1 aromatic carbocycles. The van der Waals surface area contributed by atoms with E-state index in [-0.39, 0.29) is 0 Å². The van der Waals surface area contributed by atoms with Crippen LogP contribution in [0.1, 0.15) is 32.3 Å². The Hall–Kier alpha value is -1.44.